The topological polar surface area (TPSA) is 400 Å². The number of nitrogens with one attached hydrogen (secondary N) is 8. The van der Waals surface area contributed by atoms with Crippen molar-refractivity contribution in [2.45, 2.75) is 109 Å². The van der Waals surface area contributed by atoms with E-state index in [9.17, 15) is 63.3 Å². The molecule has 0 aromatic carbocycles. The first-order valence-electron chi connectivity index (χ1n) is 18.0. The molecule has 57 heavy (non-hydrogen) atoms. The second kappa shape index (κ2) is 25.6. The van der Waals surface area contributed by atoms with E-state index < -0.39 is 159 Å². The lowest BCUT2D eigenvalue weighted by atomic mass is 9.97. The number of aliphatic hydroxyl groups is 3. The van der Waals surface area contributed by atoms with Gasteiger partial charge in [-0.15, -0.1) is 0 Å². The molecular formula is C33H58N10O14. The molecule has 0 rings (SSSR count). The second-order valence-corrected chi connectivity index (χ2v) is 13.6. The number of amides is 9. The van der Waals surface area contributed by atoms with Gasteiger partial charge in [0, 0.05) is 6.42 Å². The molecule has 24 nitrogen and oxygen atoms in total. The Hall–Kier alpha value is -5.46. The van der Waals surface area contributed by atoms with E-state index in [0.29, 0.717) is 6.42 Å². The normalized spacial score (nSPS) is 15.7. The average Bonchev–Trinajstić information content (AvgIpc) is 3.14. The predicted octanol–water partition coefficient (Wildman–Crippen LogP) is -7.11. The third kappa shape index (κ3) is 18.8. The number of carbonyl (C=O) groups excluding carboxylic acids is 9. The monoisotopic (exact) mass is 818 g/mol. The third-order valence-electron chi connectivity index (χ3n) is 8.32. The predicted molar refractivity (Wildman–Crippen MR) is 197 cm³/mol. The lowest BCUT2D eigenvalue weighted by Gasteiger charge is -2.28. The number of rotatable bonds is 26. The van der Waals surface area contributed by atoms with Crippen LogP contribution < -0.4 is 54.0 Å². The molecule has 324 valence electrons. The Balaban J connectivity index is 5.77. The van der Waals surface area contributed by atoms with E-state index in [-0.39, 0.29) is 0 Å². The summed E-state index contributed by atoms with van der Waals surface area (Å²) in [6.45, 7) is 5.48. The Bertz CT molecular complexity index is 1440. The van der Waals surface area contributed by atoms with Crippen LogP contribution in [0.4, 0.5) is 0 Å². The van der Waals surface area contributed by atoms with Crippen LogP contribution in [-0.4, -0.2) is 154 Å². The molecule has 0 heterocycles. The summed E-state index contributed by atoms with van der Waals surface area (Å²) in [6.07, 6.45) is -1.92. The first-order chi connectivity index (χ1) is 26.5. The summed E-state index contributed by atoms with van der Waals surface area (Å²) < 4.78 is 0. The van der Waals surface area contributed by atoms with Crippen molar-refractivity contribution in [2.75, 3.05) is 26.3 Å². The van der Waals surface area contributed by atoms with Crippen LogP contribution in [0.5, 0.6) is 0 Å². The van der Waals surface area contributed by atoms with Crippen LogP contribution in [0.1, 0.15) is 60.8 Å². The van der Waals surface area contributed by atoms with Gasteiger partial charge >= 0.3 is 5.97 Å². The van der Waals surface area contributed by atoms with Crippen molar-refractivity contribution < 1.29 is 68.4 Å². The van der Waals surface area contributed by atoms with Crippen LogP contribution in [0.2, 0.25) is 0 Å². The zero-order chi connectivity index (χ0) is 44.2. The SMILES string of the molecule is CC[C@H](C)[C@H](NC(=O)CNC(=O)[C@@H](NC(=O)[C@H](CO)NC(=O)[C@H](CCC(N)=O)NC(=O)[C@H](CO)NC(=O)[C@H](C)N)C(C)C)C(=O)N[C@H](C(=O)NCC(=O)O)[C@@H](C)O. The number of carboxylic acids is 1. The Morgan fingerprint density at radius 1 is 0.579 bits per heavy atom. The fourth-order valence-electron chi connectivity index (χ4n) is 4.70. The number of primary amides is 1. The van der Waals surface area contributed by atoms with Crippen molar-refractivity contribution in [1.29, 1.82) is 0 Å². The quantitative estimate of drug-likeness (QED) is 0.0386. The molecule has 0 radical (unpaired) electrons. The highest BCUT2D eigenvalue weighted by Crippen LogP contribution is 2.10. The summed E-state index contributed by atoms with van der Waals surface area (Å²) in [6, 6.07) is -10.1. The van der Waals surface area contributed by atoms with Gasteiger partial charge in [-0.05, 0) is 32.1 Å². The third-order valence-corrected chi connectivity index (χ3v) is 8.32. The Labute approximate surface area is 328 Å². The van der Waals surface area contributed by atoms with E-state index in [2.05, 4.69) is 37.2 Å². The molecule has 16 N–H and O–H groups in total. The summed E-state index contributed by atoms with van der Waals surface area (Å²) in [5, 5.41) is 56.5. The number of aliphatic hydroxyl groups excluding tert-OH is 3. The summed E-state index contributed by atoms with van der Waals surface area (Å²) >= 11 is 0. The molecule has 0 fully saturated rings. The number of carboxylic acid groups (broad SMARTS) is 1. The number of aliphatic carboxylic acids is 1. The smallest absolute Gasteiger partial charge is 0.322 e. The maximum Gasteiger partial charge on any atom is 0.322 e. The highest BCUT2D eigenvalue weighted by atomic mass is 16.4. The van der Waals surface area contributed by atoms with Gasteiger partial charge in [0.25, 0.3) is 0 Å². The Morgan fingerprint density at radius 3 is 1.49 bits per heavy atom. The van der Waals surface area contributed by atoms with Crippen LogP contribution in [0.25, 0.3) is 0 Å². The minimum atomic E-state index is -1.72. The van der Waals surface area contributed by atoms with Crippen molar-refractivity contribution in [2.24, 2.45) is 23.3 Å². The van der Waals surface area contributed by atoms with Crippen LogP contribution in [0.3, 0.4) is 0 Å². The summed E-state index contributed by atoms with van der Waals surface area (Å²) in [7, 11) is 0. The molecule has 0 aromatic rings. The second-order valence-electron chi connectivity index (χ2n) is 13.6. The van der Waals surface area contributed by atoms with Crippen LogP contribution in [-0.2, 0) is 47.9 Å². The van der Waals surface area contributed by atoms with Crippen LogP contribution in [0.15, 0.2) is 0 Å². The van der Waals surface area contributed by atoms with Crippen LogP contribution in [0, 0.1) is 11.8 Å². The Kier molecular flexibility index (Phi) is 23.2. The number of nitrogens with two attached hydrogens (primary N) is 2. The minimum absolute atomic E-state index is 0.354. The van der Waals surface area contributed by atoms with Gasteiger partial charge < -0.3 is 74.4 Å². The number of hydrogen-bond donors (Lipinski definition) is 14. The van der Waals surface area contributed by atoms with Gasteiger partial charge in [0.2, 0.25) is 53.2 Å². The molecule has 24 heteroatoms. The molecule has 0 saturated heterocycles. The van der Waals surface area contributed by atoms with E-state index in [1.165, 1.54) is 27.7 Å². The molecular weight excluding hydrogens is 760 g/mol. The minimum Gasteiger partial charge on any atom is -0.480 e. The maximum atomic E-state index is 13.2. The molecule has 0 aromatic heterocycles. The zero-order valence-corrected chi connectivity index (χ0v) is 32.7. The summed E-state index contributed by atoms with van der Waals surface area (Å²) in [5.74, 6) is -11.0. The van der Waals surface area contributed by atoms with Gasteiger partial charge in [-0.25, -0.2) is 0 Å². The first-order valence-corrected chi connectivity index (χ1v) is 18.0. The molecule has 0 bridgehead atoms. The van der Waals surface area contributed by atoms with Gasteiger partial charge in [0.1, 0.15) is 42.8 Å². The lowest BCUT2D eigenvalue weighted by molar-refractivity contribution is -0.139. The van der Waals surface area contributed by atoms with Gasteiger partial charge in [-0.2, -0.15) is 0 Å². The van der Waals surface area contributed by atoms with Crippen molar-refractivity contribution in [1.82, 2.24) is 42.5 Å². The van der Waals surface area contributed by atoms with E-state index in [4.69, 9.17) is 16.6 Å². The van der Waals surface area contributed by atoms with Crippen molar-refractivity contribution in [3.8, 4) is 0 Å². The molecule has 0 aliphatic heterocycles. The van der Waals surface area contributed by atoms with E-state index in [1.807, 2.05) is 5.32 Å². The summed E-state index contributed by atoms with van der Waals surface area (Å²) in [4.78, 5) is 125. The van der Waals surface area contributed by atoms with E-state index in [0.717, 1.165) is 0 Å². The molecule has 0 aliphatic carbocycles. The van der Waals surface area contributed by atoms with Crippen molar-refractivity contribution in [3.63, 3.8) is 0 Å². The molecule has 9 atom stereocenters. The summed E-state index contributed by atoms with van der Waals surface area (Å²) in [5.41, 5.74) is 10.6. The largest absolute Gasteiger partial charge is 0.480 e. The van der Waals surface area contributed by atoms with Crippen molar-refractivity contribution >= 4 is 59.1 Å². The van der Waals surface area contributed by atoms with E-state index >= 15 is 0 Å². The van der Waals surface area contributed by atoms with Gasteiger partial charge in [-0.3, -0.25) is 47.9 Å². The van der Waals surface area contributed by atoms with Crippen LogP contribution >= 0.6 is 0 Å². The Morgan fingerprint density at radius 2 is 1.04 bits per heavy atom. The fourth-order valence-corrected chi connectivity index (χ4v) is 4.70. The molecule has 0 saturated carbocycles. The number of carbonyl (C=O) groups is 10. The van der Waals surface area contributed by atoms with Gasteiger partial charge in [-0.1, -0.05) is 34.1 Å². The maximum absolute atomic E-state index is 13.2. The highest BCUT2D eigenvalue weighted by Gasteiger charge is 2.34. The number of hydrogen-bond acceptors (Lipinski definition) is 14. The van der Waals surface area contributed by atoms with Crippen molar-refractivity contribution in [3.05, 3.63) is 0 Å². The molecule has 9 amide bonds. The molecule has 0 unspecified atom stereocenters. The molecule has 0 aliphatic rings. The lowest BCUT2D eigenvalue weighted by Crippen LogP contribution is -2.61. The molecule has 0 spiro atoms. The van der Waals surface area contributed by atoms with Gasteiger partial charge in [0.15, 0.2) is 0 Å². The standard InChI is InChI=1S/C33H58N10O14/c1-7-15(4)25(33(57)43-26(17(6)46)32(56)37-11-23(49)50)41-22(48)10-36-31(55)24(14(2)3)42-30(54)20(13-45)40-28(52)18(8-9-21(35)47)38-29(53)19(12-44)39-27(51)16(5)34/h14-20,24-26,44-46H,7-13,34H2,1-6H3,(H2,35,47)(H,36,55)(H,37,56)(H,38,53)(H,39,51)(H,40,52)(H,41,48)(H,42,54)(H,43,57)(H,49,50)/t15-,16-,17+,18-,19-,20-,24-,25-,26-/m0/s1. The zero-order valence-electron chi connectivity index (χ0n) is 32.7. The van der Waals surface area contributed by atoms with E-state index in [1.54, 1.807) is 13.8 Å². The fraction of sp³-hybridized carbons (Fsp3) is 0.697. The average molecular weight is 819 g/mol. The first kappa shape index (κ1) is 51.5. The van der Waals surface area contributed by atoms with Gasteiger partial charge in [0.05, 0.1) is 31.9 Å². The highest BCUT2D eigenvalue weighted by molar-refractivity contribution is 5.97.